The summed E-state index contributed by atoms with van der Waals surface area (Å²) in [5, 5.41) is 16.6. The van der Waals surface area contributed by atoms with Crippen LogP contribution in [0.4, 0.5) is 0 Å². The topological polar surface area (TPSA) is 125 Å². The first-order valence-corrected chi connectivity index (χ1v) is 9.44. The number of furan rings is 2. The number of carboxylic acids is 1. The molecule has 150 valence electrons. The highest BCUT2D eigenvalue weighted by molar-refractivity contribution is 6.13. The van der Waals surface area contributed by atoms with Crippen molar-refractivity contribution in [2.75, 3.05) is 0 Å². The monoisotopic (exact) mass is 411 g/mol. The summed E-state index contributed by atoms with van der Waals surface area (Å²) in [6.07, 6.45) is 1.77. The van der Waals surface area contributed by atoms with E-state index in [0.29, 0.717) is 39.4 Å². The number of H-pyrrole nitrogens is 2. The molecule has 0 amide bonds. The summed E-state index contributed by atoms with van der Waals surface area (Å²) in [5.74, 6) is 0.162. The molecule has 3 N–H and O–H groups in total. The zero-order valence-corrected chi connectivity index (χ0v) is 15.8. The van der Waals surface area contributed by atoms with Gasteiger partial charge in [-0.1, -0.05) is 12.1 Å². The number of aromatic nitrogens is 3. The molecular weight excluding hydrogens is 398 g/mol. The number of nitrogens with zero attached hydrogens (tertiary/aromatic N) is 1. The zero-order valence-electron chi connectivity index (χ0n) is 15.8. The number of fused-ring (bicyclic) bond motifs is 4. The molecule has 4 aromatic heterocycles. The lowest BCUT2D eigenvalue weighted by Crippen LogP contribution is -1.94. The predicted octanol–water partition coefficient (Wildman–Crippen LogP) is 4.78. The molecule has 0 saturated carbocycles. The minimum absolute atomic E-state index is 0.142. The Kier molecular flexibility index (Phi) is 3.46. The highest BCUT2D eigenvalue weighted by Crippen LogP contribution is 2.40. The van der Waals surface area contributed by atoms with Gasteiger partial charge in [0.05, 0.1) is 16.5 Å². The van der Waals surface area contributed by atoms with Gasteiger partial charge in [0.15, 0.2) is 16.7 Å². The summed E-state index contributed by atoms with van der Waals surface area (Å²) in [7, 11) is 0. The Labute approximate surface area is 172 Å². The number of carboxylic acid groups (broad SMARTS) is 1. The second-order valence-corrected chi connectivity index (χ2v) is 7.15. The van der Waals surface area contributed by atoms with E-state index in [4.69, 9.17) is 13.9 Å². The average molecular weight is 411 g/mol. The van der Waals surface area contributed by atoms with Crippen LogP contribution in [-0.4, -0.2) is 26.3 Å². The molecule has 0 bridgehead atoms. The summed E-state index contributed by atoms with van der Waals surface area (Å²) >= 11 is 0. The standard InChI is InChI=1S/C23H13N3O5/c27-13-5-6-14-18(9-13)31-21-19(15-10-24-26-22(15)25-20(14)21)17-8-7-16(30-17)11-1-3-12(4-2-11)23(28)29/h1-10H,(H,28,29)(H2,24,25,26). The number of pyridine rings is 1. The van der Waals surface area contributed by atoms with Gasteiger partial charge >= 0.3 is 5.97 Å². The van der Waals surface area contributed by atoms with E-state index in [1.165, 1.54) is 24.3 Å². The molecule has 0 saturated heterocycles. The normalized spacial score (nSPS) is 11.6. The maximum atomic E-state index is 11.8. The van der Waals surface area contributed by atoms with Crippen molar-refractivity contribution in [1.29, 1.82) is 0 Å². The molecule has 0 aliphatic heterocycles. The molecule has 0 unspecified atom stereocenters. The molecular formula is C23H13N3O5. The van der Waals surface area contributed by atoms with Gasteiger partial charge in [-0.2, -0.15) is 0 Å². The largest absolute Gasteiger partial charge is 0.478 e. The minimum Gasteiger partial charge on any atom is -0.478 e. The highest BCUT2D eigenvalue weighted by Gasteiger charge is 2.21. The molecule has 6 aromatic rings. The van der Waals surface area contributed by atoms with Crippen molar-refractivity contribution in [3.63, 3.8) is 0 Å². The number of hydrogen-bond donors (Lipinski definition) is 3. The van der Waals surface area contributed by atoms with Crippen LogP contribution in [0, 0.1) is 0 Å². The fourth-order valence-electron chi connectivity index (χ4n) is 3.82. The molecule has 6 rings (SSSR count). The highest BCUT2D eigenvalue weighted by atomic mass is 16.4. The summed E-state index contributed by atoms with van der Waals surface area (Å²) in [4.78, 5) is 27.5. The Morgan fingerprint density at radius 1 is 0.935 bits per heavy atom. The Balaban J connectivity index is 1.58. The molecule has 0 atom stereocenters. The van der Waals surface area contributed by atoms with Crippen molar-refractivity contribution < 1.29 is 18.7 Å². The molecule has 4 heterocycles. The molecule has 8 heteroatoms. The SMILES string of the molecule is O=C(O)c1ccc(-c2ccc(-c3c4c[nH][nH]c4nc4c3oc3cc(=O)ccc34)o2)cc1. The van der Waals surface area contributed by atoms with E-state index < -0.39 is 5.97 Å². The van der Waals surface area contributed by atoms with E-state index in [9.17, 15) is 9.59 Å². The Morgan fingerprint density at radius 3 is 2.55 bits per heavy atom. The van der Waals surface area contributed by atoms with Crippen molar-refractivity contribution >= 4 is 39.1 Å². The second kappa shape index (κ2) is 6.20. The maximum absolute atomic E-state index is 11.8. The number of hydrogen-bond acceptors (Lipinski definition) is 5. The van der Waals surface area contributed by atoms with E-state index in [1.807, 2.05) is 12.1 Å². The van der Waals surface area contributed by atoms with Gasteiger partial charge in [0.2, 0.25) is 0 Å². The number of benzene rings is 2. The van der Waals surface area contributed by atoms with Crippen LogP contribution < -0.4 is 5.43 Å². The van der Waals surface area contributed by atoms with Crippen molar-refractivity contribution in [2.24, 2.45) is 0 Å². The molecule has 0 radical (unpaired) electrons. The van der Waals surface area contributed by atoms with Gasteiger partial charge in [0.1, 0.15) is 22.6 Å². The summed E-state index contributed by atoms with van der Waals surface area (Å²) < 4.78 is 12.2. The minimum atomic E-state index is -0.983. The van der Waals surface area contributed by atoms with Crippen LogP contribution in [0.3, 0.4) is 0 Å². The first kappa shape index (κ1) is 17.3. The van der Waals surface area contributed by atoms with Gasteiger partial charge in [-0.15, -0.1) is 0 Å². The number of aromatic carboxylic acids is 1. The number of aromatic amines is 2. The van der Waals surface area contributed by atoms with Crippen LogP contribution in [0.15, 0.2) is 74.4 Å². The van der Waals surface area contributed by atoms with Gasteiger partial charge in [0.25, 0.3) is 0 Å². The smallest absolute Gasteiger partial charge is 0.335 e. The first-order chi connectivity index (χ1) is 15.1. The first-order valence-electron chi connectivity index (χ1n) is 9.44. The Morgan fingerprint density at radius 2 is 1.74 bits per heavy atom. The Hall–Kier alpha value is -4.59. The molecule has 31 heavy (non-hydrogen) atoms. The van der Waals surface area contributed by atoms with E-state index in [-0.39, 0.29) is 11.0 Å². The third-order valence-corrected chi connectivity index (χ3v) is 5.29. The van der Waals surface area contributed by atoms with Gasteiger partial charge < -0.3 is 19.0 Å². The lowest BCUT2D eigenvalue weighted by Gasteiger charge is -2.02. The molecule has 0 spiro atoms. The summed E-state index contributed by atoms with van der Waals surface area (Å²) in [6.45, 7) is 0. The van der Waals surface area contributed by atoms with Crippen LogP contribution in [0.1, 0.15) is 10.4 Å². The maximum Gasteiger partial charge on any atom is 0.335 e. The Bertz CT molecular complexity index is 1680. The lowest BCUT2D eigenvalue weighted by atomic mass is 10.1. The van der Waals surface area contributed by atoms with Crippen LogP contribution in [0.5, 0.6) is 0 Å². The van der Waals surface area contributed by atoms with Crippen LogP contribution in [-0.2, 0) is 0 Å². The lowest BCUT2D eigenvalue weighted by molar-refractivity contribution is 0.0697. The van der Waals surface area contributed by atoms with Crippen molar-refractivity contribution in [3.8, 4) is 22.6 Å². The molecule has 0 aliphatic rings. The van der Waals surface area contributed by atoms with Gasteiger partial charge in [-0.3, -0.25) is 9.89 Å². The van der Waals surface area contributed by atoms with Crippen molar-refractivity contribution in [1.82, 2.24) is 15.2 Å². The third kappa shape index (κ3) is 2.58. The van der Waals surface area contributed by atoms with E-state index in [1.54, 1.807) is 24.4 Å². The van der Waals surface area contributed by atoms with Crippen molar-refractivity contribution in [3.05, 3.63) is 76.6 Å². The number of nitrogens with one attached hydrogen (secondary N) is 2. The molecule has 8 nitrogen and oxygen atoms in total. The summed E-state index contributed by atoms with van der Waals surface area (Å²) in [5.41, 5.74) is 3.74. The van der Waals surface area contributed by atoms with E-state index >= 15 is 0 Å². The fourth-order valence-corrected chi connectivity index (χ4v) is 3.82. The van der Waals surface area contributed by atoms with Crippen LogP contribution >= 0.6 is 0 Å². The zero-order chi connectivity index (χ0) is 21.1. The molecule has 2 aromatic carbocycles. The number of carbonyl (C=O) groups is 1. The average Bonchev–Trinajstić information content (AvgIpc) is 3.50. The molecule has 0 fully saturated rings. The van der Waals surface area contributed by atoms with Gasteiger partial charge in [-0.25, -0.2) is 9.78 Å². The fraction of sp³-hybridized carbons (Fsp3) is 0. The van der Waals surface area contributed by atoms with Crippen LogP contribution in [0.2, 0.25) is 0 Å². The van der Waals surface area contributed by atoms with Gasteiger partial charge in [-0.05, 0) is 36.4 Å². The van der Waals surface area contributed by atoms with Crippen molar-refractivity contribution in [2.45, 2.75) is 0 Å². The summed E-state index contributed by atoms with van der Waals surface area (Å²) in [6, 6.07) is 14.7. The quantitative estimate of drug-likeness (QED) is 0.385. The number of rotatable bonds is 3. The van der Waals surface area contributed by atoms with Crippen LogP contribution in [0.25, 0.3) is 55.7 Å². The third-order valence-electron chi connectivity index (χ3n) is 5.29. The second-order valence-electron chi connectivity index (χ2n) is 7.15. The predicted molar refractivity (Wildman–Crippen MR) is 114 cm³/mol. The van der Waals surface area contributed by atoms with E-state index in [2.05, 4.69) is 15.2 Å². The molecule has 0 aliphatic carbocycles. The van der Waals surface area contributed by atoms with E-state index in [0.717, 1.165) is 16.3 Å². The van der Waals surface area contributed by atoms with Gasteiger partial charge in [0, 0.05) is 23.2 Å².